The van der Waals surface area contributed by atoms with Crippen LogP contribution in [0.4, 0.5) is 0 Å². The first kappa shape index (κ1) is 25.9. The SMILES string of the molecule is C=C(CC/C=C(\C)[C@H](O)[C@@H](O)C=C(C)C)C(=O)CC[C@]1(C)CCc2cc(O)cc(C)c2O1. The molecule has 0 aromatic heterocycles. The Hall–Kier alpha value is -2.37. The topological polar surface area (TPSA) is 87.0 Å². The van der Waals surface area contributed by atoms with Crippen molar-refractivity contribution < 1.29 is 24.9 Å². The Kier molecular flexibility index (Phi) is 8.88. The molecule has 0 fully saturated rings. The zero-order chi connectivity index (χ0) is 24.1. The molecule has 176 valence electrons. The van der Waals surface area contributed by atoms with Gasteiger partial charge in [-0.1, -0.05) is 24.3 Å². The maximum absolute atomic E-state index is 12.6. The van der Waals surface area contributed by atoms with Gasteiger partial charge in [0, 0.05) is 6.42 Å². The summed E-state index contributed by atoms with van der Waals surface area (Å²) < 4.78 is 6.27. The molecule has 0 spiro atoms. The van der Waals surface area contributed by atoms with Crippen molar-refractivity contribution in [3.63, 3.8) is 0 Å². The Morgan fingerprint density at radius 1 is 1.25 bits per heavy atom. The largest absolute Gasteiger partial charge is 0.508 e. The van der Waals surface area contributed by atoms with Crippen LogP contribution >= 0.6 is 0 Å². The number of hydrogen-bond donors (Lipinski definition) is 3. The number of allylic oxidation sites excluding steroid dienone is 3. The van der Waals surface area contributed by atoms with E-state index >= 15 is 0 Å². The molecular weight excluding hydrogens is 404 g/mol. The Morgan fingerprint density at radius 2 is 1.94 bits per heavy atom. The maximum Gasteiger partial charge on any atom is 0.158 e. The molecule has 0 aliphatic carbocycles. The van der Waals surface area contributed by atoms with Gasteiger partial charge in [-0.15, -0.1) is 0 Å². The third-order valence-electron chi connectivity index (χ3n) is 6.09. The molecule has 1 aromatic carbocycles. The minimum absolute atomic E-state index is 0.0271. The van der Waals surface area contributed by atoms with E-state index in [-0.39, 0.29) is 11.5 Å². The van der Waals surface area contributed by atoms with E-state index in [1.54, 1.807) is 25.1 Å². The molecule has 0 amide bonds. The number of rotatable bonds is 10. The molecule has 3 N–H and O–H groups in total. The minimum atomic E-state index is -0.953. The van der Waals surface area contributed by atoms with E-state index in [0.717, 1.165) is 35.3 Å². The van der Waals surface area contributed by atoms with E-state index < -0.39 is 17.8 Å². The Morgan fingerprint density at radius 3 is 2.59 bits per heavy atom. The third-order valence-corrected chi connectivity index (χ3v) is 6.09. The number of fused-ring (bicyclic) bond motifs is 1. The van der Waals surface area contributed by atoms with E-state index in [9.17, 15) is 20.1 Å². The molecule has 0 bridgehead atoms. The molecule has 1 aliphatic rings. The molecule has 1 aliphatic heterocycles. The second kappa shape index (κ2) is 11.0. The Balaban J connectivity index is 1.85. The van der Waals surface area contributed by atoms with Gasteiger partial charge in [0.25, 0.3) is 0 Å². The lowest BCUT2D eigenvalue weighted by molar-refractivity contribution is -0.116. The van der Waals surface area contributed by atoms with Gasteiger partial charge in [-0.2, -0.15) is 0 Å². The van der Waals surface area contributed by atoms with Gasteiger partial charge in [-0.05, 0) is 101 Å². The van der Waals surface area contributed by atoms with Gasteiger partial charge >= 0.3 is 0 Å². The predicted molar refractivity (Wildman–Crippen MR) is 128 cm³/mol. The van der Waals surface area contributed by atoms with E-state index in [0.29, 0.717) is 36.8 Å². The van der Waals surface area contributed by atoms with Gasteiger partial charge in [0.15, 0.2) is 5.78 Å². The van der Waals surface area contributed by atoms with Crippen molar-refractivity contribution in [2.24, 2.45) is 0 Å². The number of aromatic hydroxyl groups is 1. The van der Waals surface area contributed by atoms with E-state index in [1.165, 1.54) is 0 Å². The summed E-state index contributed by atoms with van der Waals surface area (Å²) >= 11 is 0. The van der Waals surface area contributed by atoms with E-state index in [1.807, 2.05) is 33.8 Å². The Labute approximate surface area is 192 Å². The van der Waals surface area contributed by atoms with Crippen molar-refractivity contribution >= 4 is 5.78 Å². The van der Waals surface area contributed by atoms with Gasteiger partial charge in [-0.25, -0.2) is 0 Å². The molecular formula is C27H38O5. The molecule has 0 radical (unpaired) electrons. The quantitative estimate of drug-likeness (QED) is 0.346. The molecule has 5 heteroatoms. The number of carbonyl (C=O) groups excluding carboxylic acids is 1. The van der Waals surface area contributed by atoms with Crippen molar-refractivity contribution in [1.29, 1.82) is 0 Å². The summed E-state index contributed by atoms with van der Waals surface area (Å²) in [7, 11) is 0. The zero-order valence-electron chi connectivity index (χ0n) is 20.1. The molecule has 2 rings (SSSR count). The summed E-state index contributed by atoms with van der Waals surface area (Å²) in [4.78, 5) is 12.6. The van der Waals surface area contributed by atoms with Crippen LogP contribution in [0, 0.1) is 6.92 Å². The average Bonchev–Trinajstić information content (AvgIpc) is 2.71. The molecule has 0 unspecified atom stereocenters. The number of aliphatic hydroxyl groups excluding tert-OH is 2. The molecule has 1 aromatic rings. The van der Waals surface area contributed by atoms with Crippen molar-refractivity contribution in [3.05, 3.63) is 58.7 Å². The van der Waals surface area contributed by atoms with Crippen LogP contribution in [0.2, 0.25) is 0 Å². The number of aryl methyl sites for hydroxylation is 2. The highest BCUT2D eigenvalue weighted by molar-refractivity contribution is 5.94. The van der Waals surface area contributed by atoms with Crippen LogP contribution in [-0.2, 0) is 11.2 Å². The molecule has 1 heterocycles. The van der Waals surface area contributed by atoms with Crippen molar-refractivity contribution in [2.75, 3.05) is 0 Å². The molecule has 0 saturated carbocycles. The van der Waals surface area contributed by atoms with Gasteiger partial charge in [0.1, 0.15) is 29.3 Å². The second-order valence-corrected chi connectivity index (χ2v) is 9.50. The summed E-state index contributed by atoms with van der Waals surface area (Å²) in [5, 5.41) is 30.0. The first-order valence-electron chi connectivity index (χ1n) is 11.3. The monoisotopic (exact) mass is 442 g/mol. The van der Waals surface area contributed by atoms with Gasteiger partial charge in [-0.3, -0.25) is 4.79 Å². The Bertz CT molecular complexity index is 907. The minimum Gasteiger partial charge on any atom is -0.508 e. The number of benzene rings is 1. The van der Waals surface area contributed by atoms with Crippen LogP contribution in [0.15, 0.2) is 47.6 Å². The lowest BCUT2D eigenvalue weighted by Crippen LogP contribution is -2.37. The molecule has 5 nitrogen and oxygen atoms in total. The number of hydrogen-bond acceptors (Lipinski definition) is 5. The molecule has 3 atom stereocenters. The molecule has 32 heavy (non-hydrogen) atoms. The van der Waals surface area contributed by atoms with E-state index in [4.69, 9.17) is 4.74 Å². The van der Waals surface area contributed by atoms with Gasteiger partial charge in [0.05, 0.1) is 0 Å². The lowest BCUT2D eigenvalue weighted by Gasteiger charge is -2.36. The maximum atomic E-state index is 12.6. The number of ketones is 1. The predicted octanol–water partition coefficient (Wildman–Crippen LogP) is 5.10. The van der Waals surface area contributed by atoms with Crippen LogP contribution < -0.4 is 4.74 Å². The lowest BCUT2D eigenvalue weighted by atomic mass is 9.86. The van der Waals surface area contributed by atoms with Gasteiger partial charge < -0.3 is 20.1 Å². The second-order valence-electron chi connectivity index (χ2n) is 9.50. The van der Waals surface area contributed by atoms with E-state index in [2.05, 4.69) is 6.58 Å². The molecule has 0 saturated heterocycles. The van der Waals surface area contributed by atoms with Crippen molar-refractivity contribution in [2.45, 2.75) is 91.0 Å². The summed E-state index contributed by atoms with van der Waals surface area (Å²) in [6, 6.07) is 3.45. The fourth-order valence-corrected chi connectivity index (χ4v) is 4.02. The summed E-state index contributed by atoms with van der Waals surface area (Å²) in [5.74, 6) is 1.10. The first-order chi connectivity index (χ1) is 14.9. The summed E-state index contributed by atoms with van der Waals surface area (Å²) in [6.45, 7) is 13.4. The summed E-state index contributed by atoms with van der Waals surface area (Å²) in [5.41, 5.74) is 3.67. The van der Waals surface area contributed by atoms with Crippen LogP contribution in [0.5, 0.6) is 11.5 Å². The van der Waals surface area contributed by atoms with Gasteiger partial charge in [0.2, 0.25) is 0 Å². The fraction of sp³-hybridized carbons (Fsp3) is 0.519. The standard InChI is InChI=1S/C27H38O5/c1-17(2)14-24(30)25(31)19(4)9-7-8-18(3)23(29)11-13-27(6)12-10-21-16-22(28)15-20(5)26(21)32-27/h9,14-16,24-25,28,30-31H,3,7-8,10-13H2,1-2,4-6H3/b19-9+/t24-,25-,27-/m0/s1. The van der Waals surface area contributed by atoms with Crippen molar-refractivity contribution in [3.8, 4) is 11.5 Å². The first-order valence-corrected chi connectivity index (χ1v) is 11.3. The zero-order valence-corrected chi connectivity index (χ0v) is 20.1. The highest BCUT2D eigenvalue weighted by atomic mass is 16.5. The van der Waals surface area contributed by atoms with Crippen LogP contribution in [0.3, 0.4) is 0 Å². The number of aliphatic hydroxyl groups is 2. The smallest absolute Gasteiger partial charge is 0.158 e. The highest BCUT2D eigenvalue weighted by Gasteiger charge is 2.33. The van der Waals surface area contributed by atoms with Crippen molar-refractivity contribution in [1.82, 2.24) is 0 Å². The third kappa shape index (κ3) is 7.07. The number of phenolic OH excluding ortho intramolecular Hbond substituents is 1. The summed E-state index contributed by atoms with van der Waals surface area (Å²) in [6.07, 6.45) is 5.25. The number of carbonyl (C=O) groups is 1. The number of ether oxygens (including phenoxy) is 1. The number of phenols is 1. The normalized spacial score (nSPS) is 20.0. The highest BCUT2D eigenvalue weighted by Crippen LogP contribution is 2.39. The number of Topliss-reactive ketones (excluding diaryl/α,β-unsaturated/α-hetero) is 1. The van der Waals surface area contributed by atoms with Crippen LogP contribution in [0.25, 0.3) is 0 Å². The average molecular weight is 443 g/mol. The van der Waals surface area contributed by atoms with Crippen LogP contribution in [-0.4, -0.2) is 38.9 Å². The fourth-order valence-electron chi connectivity index (χ4n) is 4.02. The van der Waals surface area contributed by atoms with Crippen LogP contribution in [0.1, 0.15) is 70.9 Å².